The first-order valence-corrected chi connectivity index (χ1v) is 11.4. The van der Waals surface area contributed by atoms with Gasteiger partial charge in [-0.3, -0.25) is 24.8 Å². The fraction of sp³-hybridized carbons (Fsp3) is 0.136. The summed E-state index contributed by atoms with van der Waals surface area (Å²) < 4.78 is 5.82. The van der Waals surface area contributed by atoms with Crippen LogP contribution < -0.4 is 9.64 Å². The van der Waals surface area contributed by atoms with E-state index >= 15 is 0 Å². The minimum Gasteiger partial charge on any atom is -0.497 e. The highest BCUT2D eigenvalue weighted by Crippen LogP contribution is 2.33. The molecule has 0 saturated carbocycles. The van der Waals surface area contributed by atoms with E-state index in [0.717, 1.165) is 16.3 Å². The summed E-state index contributed by atoms with van der Waals surface area (Å²) in [5, 5.41) is 11.6. The van der Waals surface area contributed by atoms with Crippen molar-refractivity contribution < 1.29 is 14.5 Å². The molecule has 0 fully saturated rings. The van der Waals surface area contributed by atoms with Crippen LogP contribution in [0.5, 0.6) is 5.75 Å². The Balaban J connectivity index is 1.59. The molecule has 0 N–H and O–H groups in total. The van der Waals surface area contributed by atoms with Crippen molar-refractivity contribution in [3.8, 4) is 5.75 Å². The van der Waals surface area contributed by atoms with Crippen LogP contribution in [0.1, 0.15) is 5.69 Å². The average Bonchev–Trinajstić information content (AvgIpc) is 3.25. The van der Waals surface area contributed by atoms with Crippen LogP contribution in [0, 0.1) is 10.1 Å². The zero-order chi connectivity index (χ0) is 22.5. The number of thioether (sulfide) groups is 1. The quantitative estimate of drug-likeness (QED) is 0.206. The summed E-state index contributed by atoms with van der Waals surface area (Å²) in [4.78, 5) is 35.3. The molecule has 0 atom stereocenters. The highest BCUT2D eigenvalue weighted by Gasteiger charge is 2.22. The first-order valence-electron chi connectivity index (χ1n) is 9.55. The standard InChI is InChI=1S/C22H18N4O4S2/c1-30-17-6-8-18(9-7-17)31-14-21(27)25(13-15-4-2-3-11-23-15)22-24-19-10-5-16(26(28)29)12-20(19)32-22/h2-12H,13-14H2,1H3. The van der Waals surface area contributed by atoms with E-state index in [1.807, 2.05) is 42.5 Å². The molecule has 10 heteroatoms. The molecule has 8 nitrogen and oxygen atoms in total. The highest BCUT2D eigenvalue weighted by atomic mass is 32.2. The van der Waals surface area contributed by atoms with Crippen LogP contribution in [-0.2, 0) is 11.3 Å². The number of carbonyl (C=O) groups is 1. The molecular formula is C22H18N4O4S2. The summed E-state index contributed by atoms with van der Waals surface area (Å²) in [5.74, 6) is 0.820. The number of hydrogen-bond donors (Lipinski definition) is 0. The molecule has 1 amide bonds. The van der Waals surface area contributed by atoms with Gasteiger partial charge in [0.2, 0.25) is 5.91 Å². The van der Waals surface area contributed by atoms with Crippen molar-refractivity contribution in [3.63, 3.8) is 0 Å². The van der Waals surface area contributed by atoms with E-state index in [4.69, 9.17) is 4.74 Å². The van der Waals surface area contributed by atoms with Crippen LogP contribution in [0.2, 0.25) is 0 Å². The van der Waals surface area contributed by atoms with Gasteiger partial charge in [-0.25, -0.2) is 4.98 Å². The van der Waals surface area contributed by atoms with Gasteiger partial charge in [0.25, 0.3) is 5.69 Å². The number of anilines is 1. The zero-order valence-corrected chi connectivity index (χ0v) is 18.6. The van der Waals surface area contributed by atoms with Gasteiger partial charge in [-0.05, 0) is 42.5 Å². The molecule has 0 aliphatic rings. The Morgan fingerprint density at radius 3 is 2.69 bits per heavy atom. The molecule has 0 radical (unpaired) electrons. The van der Waals surface area contributed by atoms with Crippen molar-refractivity contribution in [3.05, 3.63) is 82.7 Å². The topological polar surface area (TPSA) is 98.5 Å². The Hall–Kier alpha value is -3.50. The zero-order valence-electron chi connectivity index (χ0n) is 17.0. The summed E-state index contributed by atoms with van der Waals surface area (Å²) in [6.07, 6.45) is 1.67. The number of thiazole rings is 1. The largest absolute Gasteiger partial charge is 0.497 e. The number of nitro groups is 1. The van der Waals surface area contributed by atoms with Crippen molar-refractivity contribution in [1.29, 1.82) is 0 Å². The monoisotopic (exact) mass is 466 g/mol. The predicted octanol–water partition coefficient (Wildman–Crippen LogP) is 4.93. The van der Waals surface area contributed by atoms with Crippen molar-refractivity contribution in [2.24, 2.45) is 0 Å². The Morgan fingerprint density at radius 1 is 1.19 bits per heavy atom. The Labute approximate surface area is 192 Å². The molecular weight excluding hydrogens is 448 g/mol. The van der Waals surface area contributed by atoms with Gasteiger partial charge < -0.3 is 4.74 Å². The molecule has 0 unspecified atom stereocenters. The number of aromatic nitrogens is 2. The third kappa shape index (κ3) is 5.04. The van der Waals surface area contributed by atoms with Gasteiger partial charge >= 0.3 is 0 Å². The number of fused-ring (bicyclic) bond motifs is 1. The molecule has 32 heavy (non-hydrogen) atoms. The number of amides is 1. The second-order valence-corrected chi connectivity index (χ2v) is 8.73. The van der Waals surface area contributed by atoms with Gasteiger partial charge in [0, 0.05) is 23.2 Å². The number of methoxy groups -OCH3 is 1. The maximum Gasteiger partial charge on any atom is 0.270 e. The third-order valence-electron chi connectivity index (χ3n) is 4.57. The molecule has 0 saturated heterocycles. The lowest BCUT2D eigenvalue weighted by atomic mass is 10.3. The van der Waals surface area contributed by atoms with E-state index in [2.05, 4.69) is 9.97 Å². The molecule has 2 aromatic carbocycles. The van der Waals surface area contributed by atoms with Crippen LogP contribution in [-0.4, -0.2) is 33.7 Å². The second-order valence-electron chi connectivity index (χ2n) is 6.67. The summed E-state index contributed by atoms with van der Waals surface area (Å²) >= 11 is 2.66. The maximum absolute atomic E-state index is 13.2. The van der Waals surface area contributed by atoms with E-state index in [1.165, 1.54) is 35.2 Å². The number of non-ortho nitro benzene ring substituents is 1. The fourth-order valence-electron chi connectivity index (χ4n) is 2.94. The molecule has 2 aromatic heterocycles. The van der Waals surface area contributed by atoms with Crippen molar-refractivity contribution in [2.45, 2.75) is 11.4 Å². The lowest BCUT2D eigenvalue weighted by Crippen LogP contribution is -2.32. The summed E-state index contributed by atoms with van der Waals surface area (Å²) in [6, 6.07) is 17.5. The summed E-state index contributed by atoms with van der Waals surface area (Å²) in [5.41, 5.74) is 1.32. The highest BCUT2D eigenvalue weighted by molar-refractivity contribution is 8.00. The first-order chi connectivity index (χ1) is 15.5. The maximum atomic E-state index is 13.2. The predicted molar refractivity (Wildman–Crippen MR) is 125 cm³/mol. The van der Waals surface area contributed by atoms with Crippen LogP contribution in [0.4, 0.5) is 10.8 Å². The molecule has 2 heterocycles. The van der Waals surface area contributed by atoms with Gasteiger partial charge in [-0.15, -0.1) is 11.8 Å². The Morgan fingerprint density at radius 2 is 2.00 bits per heavy atom. The van der Waals surface area contributed by atoms with Crippen LogP contribution in [0.15, 0.2) is 71.8 Å². The van der Waals surface area contributed by atoms with Gasteiger partial charge in [-0.1, -0.05) is 17.4 Å². The number of pyridine rings is 1. The normalized spacial score (nSPS) is 10.8. The number of rotatable bonds is 8. The van der Waals surface area contributed by atoms with Crippen molar-refractivity contribution >= 4 is 50.0 Å². The molecule has 0 spiro atoms. The Bertz CT molecular complexity index is 1250. The number of nitrogens with zero attached hydrogens (tertiary/aromatic N) is 4. The fourth-order valence-corrected chi connectivity index (χ4v) is 4.73. The average molecular weight is 467 g/mol. The molecule has 162 valence electrons. The molecule has 0 aliphatic heterocycles. The summed E-state index contributed by atoms with van der Waals surface area (Å²) in [6.45, 7) is 0.255. The lowest BCUT2D eigenvalue weighted by Gasteiger charge is -2.19. The van der Waals surface area contributed by atoms with Crippen molar-refractivity contribution in [2.75, 3.05) is 17.8 Å². The van der Waals surface area contributed by atoms with E-state index in [-0.39, 0.29) is 23.9 Å². The molecule has 4 aromatic rings. The van der Waals surface area contributed by atoms with E-state index < -0.39 is 4.92 Å². The molecule has 0 bridgehead atoms. The van der Waals surface area contributed by atoms with Gasteiger partial charge in [-0.2, -0.15) is 0 Å². The Kier molecular flexibility index (Phi) is 6.62. The second kappa shape index (κ2) is 9.75. The van der Waals surface area contributed by atoms with Gasteiger partial charge in [0.05, 0.1) is 40.2 Å². The smallest absolute Gasteiger partial charge is 0.270 e. The van der Waals surface area contributed by atoms with Gasteiger partial charge in [0.1, 0.15) is 5.75 Å². The lowest BCUT2D eigenvalue weighted by molar-refractivity contribution is -0.384. The van der Waals surface area contributed by atoms with E-state index in [1.54, 1.807) is 24.3 Å². The SMILES string of the molecule is COc1ccc(SCC(=O)N(Cc2ccccn2)c2nc3ccc([N+](=O)[O-])cc3s2)cc1. The number of benzene rings is 2. The third-order valence-corrected chi connectivity index (χ3v) is 6.61. The van der Waals surface area contributed by atoms with Crippen LogP contribution in [0.3, 0.4) is 0 Å². The minimum absolute atomic E-state index is 0.00892. The van der Waals surface area contributed by atoms with E-state index in [0.29, 0.717) is 15.3 Å². The molecule has 4 rings (SSSR count). The van der Waals surface area contributed by atoms with Gasteiger partial charge in [0.15, 0.2) is 5.13 Å². The number of nitro benzene ring substituents is 1. The number of hydrogen-bond acceptors (Lipinski definition) is 8. The molecule has 0 aliphatic carbocycles. The van der Waals surface area contributed by atoms with Crippen LogP contribution >= 0.6 is 23.1 Å². The van der Waals surface area contributed by atoms with E-state index in [9.17, 15) is 14.9 Å². The summed E-state index contributed by atoms with van der Waals surface area (Å²) in [7, 11) is 1.60. The number of carbonyl (C=O) groups excluding carboxylic acids is 1. The number of ether oxygens (including phenoxy) is 1. The van der Waals surface area contributed by atoms with Crippen molar-refractivity contribution in [1.82, 2.24) is 9.97 Å². The minimum atomic E-state index is -0.443. The van der Waals surface area contributed by atoms with Crippen LogP contribution in [0.25, 0.3) is 10.2 Å². The first kappa shape index (κ1) is 21.7.